The van der Waals surface area contributed by atoms with Gasteiger partial charge in [-0.15, -0.1) is 11.3 Å². The number of rotatable bonds is 6. The number of amidine groups is 1. The molecule has 1 atom stereocenters. The van der Waals surface area contributed by atoms with Gasteiger partial charge < -0.3 is 14.8 Å². The van der Waals surface area contributed by atoms with Gasteiger partial charge in [0, 0.05) is 15.5 Å². The molecule has 0 saturated carbocycles. The Labute approximate surface area is 204 Å². The van der Waals surface area contributed by atoms with Crippen LogP contribution in [0.15, 0.2) is 57.1 Å². The molecular formula is C22H18Br2FN3O3S. The average Bonchev–Trinajstić information content (AvgIpc) is 3.21. The van der Waals surface area contributed by atoms with Crippen molar-refractivity contribution in [2.45, 2.75) is 13.0 Å². The molecule has 10 heteroatoms. The fourth-order valence-corrected chi connectivity index (χ4v) is 5.30. The van der Waals surface area contributed by atoms with Crippen molar-refractivity contribution < 1.29 is 18.7 Å². The minimum Gasteiger partial charge on any atom is -0.497 e. The number of nitrogens with zero attached hydrogens (tertiary/aromatic N) is 2. The predicted octanol–water partition coefficient (Wildman–Crippen LogP) is 5.51. The monoisotopic (exact) mass is 581 g/mol. The maximum Gasteiger partial charge on any atom is 0.338 e. The highest BCUT2D eigenvalue weighted by Gasteiger charge is 2.33. The van der Waals surface area contributed by atoms with Crippen molar-refractivity contribution in [3.63, 3.8) is 0 Å². The summed E-state index contributed by atoms with van der Waals surface area (Å²) in [4.78, 5) is 22.4. The van der Waals surface area contributed by atoms with Crippen LogP contribution in [0.3, 0.4) is 0 Å². The van der Waals surface area contributed by atoms with Gasteiger partial charge in [0.1, 0.15) is 17.6 Å². The molecule has 166 valence electrons. The summed E-state index contributed by atoms with van der Waals surface area (Å²) in [6, 6.07) is 9.27. The Morgan fingerprint density at radius 2 is 2.09 bits per heavy atom. The maximum atomic E-state index is 13.7. The van der Waals surface area contributed by atoms with Gasteiger partial charge in [-0.1, -0.05) is 37.9 Å². The van der Waals surface area contributed by atoms with Gasteiger partial charge in [0.25, 0.3) is 0 Å². The molecule has 1 unspecified atom stereocenters. The van der Waals surface area contributed by atoms with Gasteiger partial charge in [0.2, 0.25) is 0 Å². The average molecular weight is 583 g/mol. The number of methoxy groups -OCH3 is 1. The number of hydrogen-bond acceptors (Lipinski definition) is 7. The van der Waals surface area contributed by atoms with Crippen molar-refractivity contribution in [3.8, 4) is 5.75 Å². The molecule has 1 aliphatic rings. The van der Waals surface area contributed by atoms with E-state index in [0.717, 1.165) is 16.0 Å². The summed E-state index contributed by atoms with van der Waals surface area (Å²) in [5, 5.41) is 4.27. The zero-order chi connectivity index (χ0) is 22.8. The SMILES string of the molecule is CCOC(=O)C1=C(CBr)NC(c2nc3ccc(OC)cc3s2)=NC1c1ccc(F)cc1Br. The van der Waals surface area contributed by atoms with Crippen LogP contribution < -0.4 is 10.1 Å². The van der Waals surface area contributed by atoms with Crippen LogP contribution in [-0.2, 0) is 9.53 Å². The number of allylic oxidation sites excluding steroid dienone is 1. The first-order valence-corrected chi connectivity index (χ1v) is 12.4. The number of carbonyl (C=O) groups is 1. The molecule has 0 amide bonds. The van der Waals surface area contributed by atoms with Crippen LogP contribution in [0.25, 0.3) is 10.2 Å². The molecule has 3 aromatic rings. The summed E-state index contributed by atoms with van der Waals surface area (Å²) in [5.74, 6) is 0.396. The first kappa shape index (κ1) is 22.9. The number of thiazole rings is 1. The number of alkyl halides is 1. The summed E-state index contributed by atoms with van der Waals surface area (Å²) in [5.41, 5.74) is 2.44. The summed E-state index contributed by atoms with van der Waals surface area (Å²) >= 11 is 8.34. The Balaban J connectivity index is 1.85. The van der Waals surface area contributed by atoms with Crippen molar-refractivity contribution in [2.75, 3.05) is 19.0 Å². The number of esters is 1. The van der Waals surface area contributed by atoms with Gasteiger partial charge in [-0.25, -0.2) is 14.2 Å². The molecule has 4 rings (SSSR count). The normalized spacial score (nSPS) is 16.0. The molecule has 0 radical (unpaired) electrons. The van der Waals surface area contributed by atoms with E-state index in [-0.39, 0.29) is 12.4 Å². The molecular weight excluding hydrogens is 565 g/mol. The second kappa shape index (κ2) is 9.68. The first-order chi connectivity index (χ1) is 15.4. The minimum atomic E-state index is -0.700. The third kappa shape index (κ3) is 4.44. The molecule has 0 bridgehead atoms. The summed E-state index contributed by atoms with van der Waals surface area (Å²) in [6.07, 6.45) is 0. The third-order valence-corrected chi connectivity index (χ3v) is 7.08. The molecule has 1 aliphatic heterocycles. The lowest BCUT2D eigenvalue weighted by Gasteiger charge is -2.26. The van der Waals surface area contributed by atoms with Gasteiger partial charge in [0.05, 0.1) is 29.5 Å². The van der Waals surface area contributed by atoms with E-state index in [4.69, 9.17) is 19.5 Å². The van der Waals surface area contributed by atoms with E-state index in [1.165, 1.54) is 23.5 Å². The number of benzene rings is 2. The van der Waals surface area contributed by atoms with Gasteiger partial charge in [-0.05, 0) is 42.8 Å². The number of halogens is 3. The van der Waals surface area contributed by atoms with E-state index in [1.54, 1.807) is 20.1 Å². The molecule has 2 aromatic carbocycles. The Kier molecular flexibility index (Phi) is 6.92. The summed E-state index contributed by atoms with van der Waals surface area (Å²) in [6.45, 7) is 1.97. The molecule has 1 aromatic heterocycles. The quantitative estimate of drug-likeness (QED) is 0.306. The van der Waals surface area contributed by atoms with E-state index in [2.05, 4.69) is 37.2 Å². The van der Waals surface area contributed by atoms with Crippen LogP contribution in [0, 0.1) is 5.82 Å². The van der Waals surface area contributed by atoms with Crippen molar-refractivity contribution in [1.29, 1.82) is 0 Å². The van der Waals surface area contributed by atoms with E-state index in [0.29, 0.717) is 37.5 Å². The molecule has 6 nitrogen and oxygen atoms in total. The highest BCUT2D eigenvalue weighted by molar-refractivity contribution is 9.10. The molecule has 0 saturated heterocycles. The second-order valence-corrected chi connectivity index (χ2v) is 9.22. The fourth-order valence-electron chi connectivity index (χ4n) is 3.34. The topological polar surface area (TPSA) is 72.8 Å². The molecule has 1 N–H and O–H groups in total. The number of hydrogen-bond donors (Lipinski definition) is 1. The third-order valence-electron chi connectivity index (χ3n) is 4.81. The lowest BCUT2D eigenvalue weighted by Crippen LogP contribution is -2.34. The van der Waals surface area contributed by atoms with E-state index in [9.17, 15) is 9.18 Å². The fraction of sp³-hybridized carbons (Fsp3) is 0.227. The largest absolute Gasteiger partial charge is 0.497 e. The number of carbonyl (C=O) groups excluding carboxylic acids is 1. The molecule has 0 spiro atoms. The van der Waals surface area contributed by atoms with Crippen LogP contribution in [0.2, 0.25) is 0 Å². The lowest BCUT2D eigenvalue weighted by molar-refractivity contribution is -0.138. The highest BCUT2D eigenvalue weighted by Crippen LogP contribution is 2.37. The van der Waals surface area contributed by atoms with Gasteiger partial charge in [-0.2, -0.15) is 0 Å². The summed E-state index contributed by atoms with van der Waals surface area (Å²) in [7, 11) is 1.62. The number of nitrogens with one attached hydrogen (secondary N) is 1. The Morgan fingerprint density at radius 3 is 2.78 bits per heavy atom. The number of aromatic nitrogens is 1. The van der Waals surface area contributed by atoms with E-state index < -0.39 is 12.0 Å². The zero-order valence-electron chi connectivity index (χ0n) is 17.1. The standard InChI is InChI=1S/C22H18Br2FN3O3S/c1-3-31-22(29)18-16(10-23)26-20(28-19(18)13-6-4-11(25)8-14(13)24)21-27-15-7-5-12(30-2)9-17(15)32-21/h4-9,19H,3,10H2,1-2H3,(H,26,28). The van der Waals surface area contributed by atoms with Crippen LogP contribution in [0.4, 0.5) is 4.39 Å². The zero-order valence-corrected chi connectivity index (χ0v) is 21.1. The van der Waals surface area contributed by atoms with E-state index in [1.807, 2.05) is 18.2 Å². The van der Waals surface area contributed by atoms with Crippen molar-refractivity contribution >= 4 is 65.2 Å². The van der Waals surface area contributed by atoms with Crippen molar-refractivity contribution in [2.24, 2.45) is 4.99 Å². The summed E-state index contributed by atoms with van der Waals surface area (Å²) < 4.78 is 25.8. The van der Waals surface area contributed by atoms with Crippen LogP contribution in [0.1, 0.15) is 23.5 Å². The number of ether oxygens (including phenoxy) is 2. The minimum absolute atomic E-state index is 0.228. The molecule has 2 heterocycles. The number of aliphatic imine (C=N–C) groups is 1. The number of fused-ring (bicyclic) bond motifs is 1. The van der Waals surface area contributed by atoms with Crippen LogP contribution in [0.5, 0.6) is 5.75 Å². The predicted molar refractivity (Wildman–Crippen MR) is 130 cm³/mol. The van der Waals surface area contributed by atoms with Crippen molar-refractivity contribution in [1.82, 2.24) is 10.3 Å². The van der Waals surface area contributed by atoms with Crippen molar-refractivity contribution in [3.05, 3.63) is 68.5 Å². The molecule has 32 heavy (non-hydrogen) atoms. The second-order valence-electron chi connectivity index (χ2n) is 6.77. The molecule has 0 aliphatic carbocycles. The lowest BCUT2D eigenvalue weighted by atomic mass is 9.96. The van der Waals surface area contributed by atoms with E-state index >= 15 is 0 Å². The Hall–Kier alpha value is -2.30. The highest BCUT2D eigenvalue weighted by atomic mass is 79.9. The Morgan fingerprint density at radius 1 is 1.28 bits per heavy atom. The van der Waals surface area contributed by atoms with Crippen LogP contribution in [-0.4, -0.2) is 35.8 Å². The maximum absolute atomic E-state index is 13.7. The van der Waals surface area contributed by atoms with Gasteiger partial charge in [-0.3, -0.25) is 4.99 Å². The first-order valence-electron chi connectivity index (χ1n) is 9.66. The smallest absolute Gasteiger partial charge is 0.338 e. The van der Waals surface area contributed by atoms with Gasteiger partial charge in [0.15, 0.2) is 10.8 Å². The van der Waals surface area contributed by atoms with Crippen LogP contribution >= 0.6 is 43.2 Å². The Bertz CT molecular complexity index is 1260. The van der Waals surface area contributed by atoms with Gasteiger partial charge >= 0.3 is 5.97 Å². The molecule has 0 fully saturated rings.